The Morgan fingerprint density at radius 1 is 0.936 bits per heavy atom. The number of hydrogen-bond acceptors (Lipinski definition) is 7. The smallest absolute Gasteiger partial charge is 0.305 e. The van der Waals surface area contributed by atoms with Crippen LogP contribution in [-0.4, -0.2) is 46.7 Å². The van der Waals surface area contributed by atoms with Crippen LogP contribution in [0.3, 0.4) is 0 Å². The zero-order valence-corrected chi connectivity index (χ0v) is 29.0. The summed E-state index contributed by atoms with van der Waals surface area (Å²) in [6.07, 6.45) is 14.6. The fourth-order valence-corrected chi connectivity index (χ4v) is 7.36. The molecule has 2 unspecified atom stereocenters. The molecule has 0 aromatic carbocycles. The van der Waals surface area contributed by atoms with E-state index in [1.807, 2.05) is 6.08 Å². The van der Waals surface area contributed by atoms with Gasteiger partial charge >= 0.3 is 11.9 Å². The van der Waals surface area contributed by atoms with E-state index in [0.717, 1.165) is 81.8 Å². The minimum Gasteiger partial charge on any atom is -0.481 e. The van der Waals surface area contributed by atoms with Crippen LogP contribution in [0.25, 0.3) is 6.08 Å². The summed E-state index contributed by atoms with van der Waals surface area (Å²) in [6.45, 7) is 13.2. The van der Waals surface area contributed by atoms with Crippen molar-refractivity contribution in [2.45, 2.75) is 112 Å². The number of nitrogens with one attached hydrogen (secondary N) is 2. The highest BCUT2D eigenvalue weighted by Gasteiger charge is 2.43. The summed E-state index contributed by atoms with van der Waals surface area (Å²) >= 11 is 0. The molecule has 4 aliphatic rings. The van der Waals surface area contributed by atoms with Crippen molar-refractivity contribution in [3.63, 3.8) is 0 Å². The van der Waals surface area contributed by atoms with Crippen molar-refractivity contribution in [2.75, 3.05) is 7.11 Å². The second-order valence-corrected chi connectivity index (χ2v) is 12.9. The number of fused-ring (bicyclic) bond motifs is 6. The van der Waals surface area contributed by atoms with Gasteiger partial charge in [-0.3, -0.25) is 9.59 Å². The Labute approximate surface area is 277 Å². The van der Waals surface area contributed by atoms with Crippen molar-refractivity contribution < 1.29 is 19.4 Å². The van der Waals surface area contributed by atoms with Gasteiger partial charge in [-0.25, -0.2) is 15.0 Å². The number of carbonyl (C=O) groups is 2. The highest BCUT2D eigenvalue weighted by molar-refractivity contribution is 6.21. The number of ether oxygens (including phenoxy) is 1. The van der Waals surface area contributed by atoms with Gasteiger partial charge in [0.25, 0.3) is 0 Å². The monoisotopic (exact) mass is 639 g/mol. The number of rotatable bonds is 12. The van der Waals surface area contributed by atoms with Gasteiger partial charge in [-0.05, 0) is 116 Å². The van der Waals surface area contributed by atoms with Crippen molar-refractivity contribution in [1.82, 2.24) is 10.3 Å². The van der Waals surface area contributed by atoms with E-state index < -0.39 is 5.97 Å². The number of carboxylic acid groups (broad SMARTS) is 1. The molecular weight excluding hydrogens is 590 g/mol. The molecule has 0 radical (unpaired) electrons. The molecule has 0 fully saturated rings. The van der Waals surface area contributed by atoms with Crippen molar-refractivity contribution in [3.05, 3.63) is 79.6 Å². The molecule has 0 amide bonds. The average Bonchev–Trinajstić information content (AvgIpc) is 3.74. The molecule has 8 bridgehead atoms. The van der Waals surface area contributed by atoms with E-state index >= 15 is 0 Å². The van der Waals surface area contributed by atoms with Crippen LogP contribution in [0.2, 0.25) is 0 Å². The van der Waals surface area contributed by atoms with Crippen molar-refractivity contribution in [1.29, 1.82) is 0 Å². The summed E-state index contributed by atoms with van der Waals surface area (Å²) in [5.74, 6) is -1.03. The Hall–Kier alpha value is -4.27. The first kappa shape index (κ1) is 34.1. The summed E-state index contributed by atoms with van der Waals surface area (Å²) in [7, 11) is 1.42. The maximum atomic E-state index is 12.0. The quantitative estimate of drug-likeness (QED) is 0.239. The maximum Gasteiger partial charge on any atom is 0.305 e. The number of nitrogens with zero attached hydrogens (tertiary/aromatic N) is 3. The van der Waals surface area contributed by atoms with E-state index in [1.165, 1.54) is 23.8 Å². The second kappa shape index (κ2) is 14.2. The number of H-pyrrole nitrogens is 1. The van der Waals surface area contributed by atoms with Crippen LogP contribution in [0.15, 0.2) is 72.6 Å². The molecule has 0 saturated heterocycles. The number of carboxylic acids is 1. The van der Waals surface area contributed by atoms with Crippen molar-refractivity contribution in [2.24, 2.45) is 20.4 Å². The Bertz CT molecular complexity index is 1810. The normalized spacial score (nSPS) is 21.8. The SMILES string of the molecule is CCC1=C2C=C3N=C(C=C4N=C(C=C4CCCC(=O)O)C=c4[nH]c(c(CC)c4CC)=NC(N2)C1(C)CC)C(CCCC(=O)OC)=C3C. The molecule has 0 aliphatic carbocycles. The van der Waals surface area contributed by atoms with Gasteiger partial charge in [-0.15, -0.1) is 0 Å². The minimum atomic E-state index is -0.807. The van der Waals surface area contributed by atoms with Crippen molar-refractivity contribution in [3.8, 4) is 0 Å². The molecular formula is C38H49N5O4. The van der Waals surface area contributed by atoms with Gasteiger partial charge in [0.05, 0.1) is 29.9 Å². The zero-order valence-electron chi connectivity index (χ0n) is 29.0. The van der Waals surface area contributed by atoms with E-state index in [1.54, 1.807) is 0 Å². The Balaban J connectivity index is 1.74. The third kappa shape index (κ3) is 6.76. The van der Waals surface area contributed by atoms with Gasteiger partial charge in [-0.1, -0.05) is 34.6 Å². The van der Waals surface area contributed by atoms with Crippen LogP contribution in [0.1, 0.15) is 104 Å². The first-order valence-corrected chi connectivity index (χ1v) is 17.2. The first-order valence-electron chi connectivity index (χ1n) is 17.2. The van der Waals surface area contributed by atoms with E-state index in [2.05, 4.69) is 70.1 Å². The Kier molecular flexibility index (Phi) is 10.3. The predicted molar refractivity (Wildman–Crippen MR) is 187 cm³/mol. The van der Waals surface area contributed by atoms with Crippen LogP contribution >= 0.6 is 0 Å². The maximum absolute atomic E-state index is 12.0. The van der Waals surface area contributed by atoms with Gasteiger partial charge < -0.3 is 20.1 Å². The number of aromatic amines is 1. The molecule has 3 N–H and O–H groups in total. The summed E-state index contributed by atoms with van der Waals surface area (Å²) in [5, 5.41) is 14.1. The summed E-state index contributed by atoms with van der Waals surface area (Å²) in [5.41, 5.74) is 12.1. The number of methoxy groups -OCH3 is 1. The number of carbonyl (C=O) groups excluding carboxylic acids is 1. The van der Waals surface area contributed by atoms with Crippen LogP contribution in [0, 0.1) is 5.41 Å². The van der Waals surface area contributed by atoms with Gasteiger partial charge in [-0.2, -0.15) is 0 Å². The van der Waals surface area contributed by atoms with Gasteiger partial charge in [0.15, 0.2) is 0 Å². The van der Waals surface area contributed by atoms with Crippen LogP contribution in [0.4, 0.5) is 0 Å². The van der Waals surface area contributed by atoms with Gasteiger partial charge in [0.2, 0.25) is 0 Å². The summed E-state index contributed by atoms with van der Waals surface area (Å²) in [4.78, 5) is 42.7. The molecule has 0 saturated carbocycles. The second-order valence-electron chi connectivity index (χ2n) is 12.9. The third-order valence-corrected chi connectivity index (χ3v) is 10.2. The average molecular weight is 640 g/mol. The van der Waals surface area contributed by atoms with E-state index in [0.29, 0.717) is 32.1 Å². The van der Waals surface area contributed by atoms with Crippen LogP contribution < -0.4 is 16.2 Å². The lowest BCUT2D eigenvalue weighted by Gasteiger charge is -2.30. The highest BCUT2D eigenvalue weighted by atomic mass is 16.5. The third-order valence-electron chi connectivity index (χ3n) is 10.2. The lowest BCUT2D eigenvalue weighted by atomic mass is 9.77. The first-order chi connectivity index (χ1) is 22.6. The molecule has 5 heterocycles. The largest absolute Gasteiger partial charge is 0.481 e. The number of esters is 1. The van der Waals surface area contributed by atoms with Crippen LogP contribution in [-0.2, 0) is 27.2 Å². The minimum absolute atomic E-state index is 0.0936. The standard InChI is InChI=1S/C38H49N5O4/c1-8-25-26(9-2)36-41-31(25)19-24-18-23(14-12-16-34(44)45)30(39-24)21-32-27(15-13-17-35(46)47-7)22(5)29(40-32)20-33-28(10-3)38(6,11-4)37(42-33)43-36/h18-21,37,42H,8-17H2,1-7H3,(H,41,43)(H,44,45). The van der Waals surface area contributed by atoms with Gasteiger partial charge in [0, 0.05) is 29.3 Å². The topological polar surface area (TPSA) is 128 Å². The van der Waals surface area contributed by atoms with E-state index in [9.17, 15) is 14.7 Å². The van der Waals surface area contributed by atoms with Crippen LogP contribution in [0.5, 0.6) is 0 Å². The van der Waals surface area contributed by atoms with Crippen molar-refractivity contribution >= 4 is 29.4 Å². The molecule has 5 rings (SSSR count). The molecule has 2 atom stereocenters. The predicted octanol–water partition coefficient (Wildman–Crippen LogP) is 6.08. The summed E-state index contributed by atoms with van der Waals surface area (Å²) in [6, 6.07) is 0. The zero-order chi connectivity index (χ0) is 33.9. The molecule has 250 valence electrons. The number of aliphatic carboxylic acids is 1. The van der Waals surface area contributed by atoms with E-state index in [-0.39, 0.29) is 24.0 Å². The molecule has 9 nitrogen and oxygen atoms in total. The molecule has 0 spiro atoms. The Morgan fingerprint density at radius 3 is 2.34 bits per heavy atom. The highest BCUT2D eigenvalue weighted by Crippen LogP contribution is 2.44. The lowest BCUT2D eigenvalue weighted by molar-refractivity contribution is -0.140. The number of aromatic nitrogens is 1. The summed E-state index contributed by atoms with van der Waals surface area (Å²) < 4.78 is 4.91. The fraction of sp³-hybridized carbons (Fsp3) is 0.500. The van der Waals surface area contributed by atoms with E-state index in [4.69, 9.17) is 19.7 Å². The number of aliphatic imine (C=N–C) groups is 2. The Morgan fingerprint density at radius 2 is 1.68 bits per heavy atom. The molecule has 4 aliphatic heterocycles. The molecule has 9 heteroatoms. The van der Waals surface area contributed by atoms with Gasteiger partial charge in [0.1, 0.15) is 11.7 Å². The lowest BCUT2D eigenvalue weighted by Crippen LogP contribution is -2.37. The number of hydrogen-bond donors (Lipinski definition) is 3. The molecule has 1 aromatic rings. The number of allylic oxidation sites excluding steroid dienone is 6. The molecule has 1 aromatic heterocycles. The fourth-order valence-electron chi connectivity index (χ4n) is 7.36. The molecule has 47 heavy (non-hydrogen) atoms.